The van der Waals surface area contributed by atoms with Gasteiger partial charge < -0.3 is 24.1 Å². The van der Waals surface area contributed by atoms with Gasteiger partial charge in [-0.2, -0.15) is 4.94 Å². The van der Waals surface area contributed by atoms with Crippen molar-refractivity contribution in [2.75, 3.05) is 13.2 Å². The summed E-state index contributed by atoms with van der Waals surface area (Å²) in [6, 6.07) is 10.2. The summed E-state index contributed by atoms with van der Waals surface area (Å²) in [5.74, 6) is -2.14. The van der Waals surface area contributed by atoms with E-state index in [4.69, 9.17) is 24.1 Å². The van der Waals surface area contributed by atoms with Crippen LogP contribution in [-0.4, -0.2) is 48.2 Å². The zero-order valence-corrected chi connectivity index (χ0v) is 15.8. The van der Waals surface area contributed by atoms with Crippen LogP contribution in [0.25, 0.3) is 0 Å². The SMILES string of the molecule is CC(C)(O)OF.CC1(C)OCC(C2OCCC2OCc2ccccc2)O1. The molecule has 7 heteroatoms. The van der Waals surface area contributed by atoms with E-state index in [1.165, 1.54) is 19.4 Å². The molecule has 3 atom stereocenters. The van der Waals surface area contributed by atoms with Crippen molar-refractivity contribution < 1.29 is 33.5 Å². The molecule has 1 aromatic carbocycles. The third-order valence-corrected chi connectivity index (χ3v) is 3.97. The first kappa shape index (κ1) is 21.2. The summed E-state index contributed by atoms with van der Waals surface area (Å²) in [6.45, 7) is 8.18. The average molecular weight is 372 g/mol. The van der Waals surface area contributed by atoms with Gasteiger partial charge in [0.15, 0.2) is 11.6 Å². The molecule has 0 saturated carbocycles. The molecule has 0 aliphatic carbocycles. The maximum Gasteiger partial charge on any atom is 0.198 e. The summed E-state index contributed by atoms with van der Waals surface area (Å²) in [5, 5.41) is 8.23. The topological polar surface area (TPSA) is 66.4 Å². The second kappa shape index (κ2) is 9.21. The maximum absolute atomic E-state index is 10.8. The Morgan fingerprint density at radius 3 is 2.46 bits per heavy atom. The van der Waals surface area contributed by atoms with E-state index in [-0.39, 0.29) is 18.3 Å². The number of hydrogen-bond donors (Lipinski definition) is 1. The van der Waals surface area contributed by atoms with Crippen LogP contribution in [0.5, 0.6) is 0 Å². The van der Waals surface area contributed by atoms with E-state index in [0.29, 0.717) is 13.2 Å². The molecule has 3 unspecified atom stereocenters. The summed E-state index contributed by atoms with van der Waals surface area (Å²) in [4.78, 5) is 2.99. The summed E-state index contributed by atoms with van der Waals surface area (Å²) in [5.41, 5.74) is 1.18. The molecule has 2 aliphatic rings. The van der Waals surface area contributed by atoms with E-state index < -0.39 is 11.6 Å². The number of aliphatic hydroxyl groups is 1. The quantitative estimate of drug-likeness (QED) is 0.801. The molecule has 0 radical (unpaired) electrons. The highest BCUT2D eigenvalue weighted by Crippen LogP contribution is 2.31. The molecule has 26 heavy (non-hydrogen) atoms. The van der Waals surface area contributed by atoms with Gasteiger partial charge in [0.25, 0.3) is 0 Å². The zero-order chi connectivity index (χ0) is 19.2. The highest BCUT2D eigenvalue weighted by molar-refractivity contribution is 5.13. The van der Waals surface area contributed by atoms with Gasteiger partial charge in [-0.15, -0.1) is 0 Å². The van der Waals surface area contributed by atoms with Crippen LogP contribution in [-0.2, 0) is 30.5 Å². The Balaban J connectivity index is 0.000000352. The maximum atomic E-state index is 10.8. The molecule has 1 aromatic rings. The van der Waals surface area contributed by atoms with Gasteiger partial charge in [0.2, 0.25) is 0 Å². The number of halogens is 1. The van der Waals surface area contributed by atoms with Crippen LogP contribution in [0.2, 0.25) is 0 Å². The van der Waals surface area contributed by atoms with Gasteiger partial charge in [0, 0.05) is 6.61 Å². The van der Waals surface area contributed by atoms with Crippen molar-refractivity contribution in [3.8, 4) is 0 Å². The fourth-order valence-corrected chi connectivity index (χ4v) is 2.77. The fourth-order valence-electron chi connectivity index (χ4n) is 2.77. The minimum atomic E-state index is -1.62. The number of benzene rings is 1. The molecule has 0 aromatic heterocycles. The summed E-state index contributed by atoms with van der Waals surface area (Å²) in [6.07, 6.45) is 0.934. The van der Waals surface area contributed by atoms with E-state index in [0.717, 1.165) is 13.0 Å². The van der Waals surface area contributed by atoms with Gasteiger partial charge in [0.05, 0.1) is 19.3 Å². The first-order chi connectivity index (χ1) is 12.2. The molecule has 0 amide bonds. The molecule has 2 saturated heterocycles. The molecule has 0 bridgehead atoms. The van der Waals surface area contributed by atoms with Gasteiger partial charge in [-0.25, -0.2) is 0 Å². The Kier molecular flexibility index (Phi) is 7.52. The standard InChI is InChI=1S/C16H22O4.C3H7FO2/c1-16(2)19-11-14(20-16)15-13(8-9-17-15)18-10-12-6-4-3-5-7-12;1-3(2,5)6-4/h3-7,13-15H,8-11H2,1-2H3;5H,1-2H3. The third-order valence-electron chi connectivity index (χ3n) is 3.97. The minimum absolute atomic E-state index is 0.0273. The van der Waals surface area contributed by atoms with E-state index in [2.05, 4.69) is 17.1 Å². The van der Waals surface area contributed by atoms with Crippen molar-refractivity contribution in [2.24, 2.45) is 0 Å². The first-order valence-corrected chi connectivity index (χ1v) is 8.81. The van der Waals surface area contributed by atoms with E-state index in [1.807, 2.05) is 32.0 Å². The Morgan fingerprint density at radius 1 is 1.27 bits per heavy atom. The van der Waals surface area contributed by atoms with Crippen LogP contribution < -0.4 is 0 Å². The molecule has 2 fully saturated rings. The number of ether oxygens (including phenoxy) is 4. The van der Waals surface area contributed by atoms with Gasteiger partial charge >= 0.3 is 0 Å². The fraction of sp³-hybridized carbons (Fsp3) is 0.684. The molecule has 2 aliphatic heterocycles. The predicted molar refractivity (Wildman–Crippen MR) is 92.8 cm³/mol. The summed E-state index contributed by atoms with van der Waals surface area (Å²) >= 11 is 0. The molecule has 6 nitrogen and oxygen atoms in total. The summed E-state index contributed by atoms with van der Waals surface area (Å²) < 4.78 is 34.1. The molecule has 148 valence electrons. The lowest BCUT2D eigenvalue weighted by Crippen LogP contribution is -2.38. The second-order valence-corrected chi connectivity index (χ2v) is 7.35. The van der Waals surface area contributed by atoms with Gasteiger partial charge in [0.1, 0.15) is 12.2 Å². The zero-order valence-electron chi connectivity index (χ0n) is 15.8. The van der Waals surface area contributed by atoms with Crippen molar-refractivity contribution >= 4 is 0 Å². The monoisotopic (exact) mass is 372 g/mol. The molecular weight excluding hydrogens is 343 g/mol. The normalized spacial score (nSPS) is 27.8. The van der Waals surface area contributed by atoms with Crippen molar-refractivity contribution in [3.05, 3.63) is 35.9 Å². The first-order valence-electron chi connectivity index (χ1n) is 8.81. The van der Waals surface area contributed by atoms with Crippen LogP contribution in [0.3, 0.4) is 0 Å². The smallest absolute Gasteiger partial charge is 0.198 e. The Labute approximate surface area is 154 Å². The van der Waals surface area contributed by atoms with E-state index >= 15 is 0 Å². The second-order valence-electron chi connectivity index (χ2n) is 7.35. The molecule has 0 spiro atoms. The molecule has 2 heterocycles. The minimum Gasteiger partial charge on any atom is -0.373 e. The average Bonchev–Trinajstić information content (AvgIpc) is 3.19. The Hall–Kier alpha value is -1.09. The molecular formula is C19H29FO6. The number of hydrogen-bond acceptors (Lipinski definition) is 6. The van der Waals surface area contributed by atoms with Gasteiger partial charge in [-0.1, -0.05) is 30.3 Å². The molecule has 3 rings (SSSR count). The van der Waals surface area contributed by atoms with Crippen molar-refractivity contribution in [3.63, 3.8) is 0 Å². The predicted octanol–water partition coefficient (Wildman–Crippen LogP) is 3.13. The van der Waals surface area contributed by atoms with Crippen molar-refractivity contribution in [1.82, 2.24) is 0 Å². The van der Waals surface area contributed by atoms with Crippen LogP contribution in [0, 0.1) is 0 Å². The number of rotatable bonds is 5. The van der Waals surface area contributed by atoms with Crippen LogP contribution in [0.4, 0.5) is 4.53 Å². The highest BCUT2D eigenvalue weighted by atomic mass is 19.3. The van der Waals surface area contributed by atoms with Gasteiger partial charge in [-0.05, 0) is 44.2 Å². The lowest BCUT2D eigenvalue weighted by Gasteiger charge is -2.25. The Morgan fingerprint density at radius 2 is 1.92 bits per heavy atom. The van der Waals surface area contributed by atoms with Crippen molar-refractivity contribution in [1.29, 1.82) is 0 Å². The Bertz CT molecular complexity index is 531. The molecule has 1 N–H and O–H groups in total. The van der Waals surface area contributed by atoms with E-state index in [9.17, 15) is 4.53 Å². The van der Waals surface area contributed by atoms with Crippen molar-refractivity contribution in [2.45, 2.75) is 70.6 Å². The van der Waals surface area contributed by atoms with Gasteiger partial charge in [-0.3, -0.25) is 0 Å². The van der Waals surface area contributed by atoms with E-state index in [1.54, 1.807) is 0 Å². The highest BCUT2D eigenvalue weighted by Gasteiger charge is 2.43. The third kappa shape index (κ3) is 6.90. The van der Waals surface area contributed by atoms with Crippen LogP contribution in [0.15, 0.2) is 30.3 Å². The lowest BCUT2D eigenvalue weighted by molar-refractivity contribution is -0.309. The summed E-state index contributed by atoms with van der Waals surface area (Å²) in [7, 11) is 0. The van der Waals surface area contributed by atoms with Crippen LogP contribution >= 0.6 is 0 Å². The largest absolute Gasteiger partial charge is 0.373 e. The lowest BCUT2D eigenvalue weighted by atomic mass is 10.1. The van der Waals surface area contributed by atoms with Crippen LogP contribution in [0.1, 0.15) is 39.7 Å².